The fourth-order valence-corrected chi connectivity index (χ4v) is 8.92. The van der Waals surface area contributed by atoms with Crippen LogP contribution in [0.15, 0.2) is 48.6 Å². The number of carboxylic acid groups (broad SMARTS) is 2. The number of carboxylic acids is 2. The summed E-state index contributed by atoms with van der Waals surface area (Å²) < 4.78 is 33.0. The number of hydrogen-bond donors (Lipinski definition) is 10. The standard InChI is InChI=1S/2C30H53N3O6.C4H4O4/c2*1-19(2)22(14-21-10-11-26(38-8)27(15-21)39-13-9-12-37-7)16-24(31)25(34)17-23(20(3)4)28(35)33-18-30(5,6)29(32)36;5-3(6)1-2-4(7)8/h2*10-11,15,19-20,22-25,34H,9,12-14,16-18,31H2,1-8H3,(H2,32,36)(H,33,35);1-2H,(H,5,6)(H,7,8)/b;;2-1+/t2*22?,23-,24?,25?;/m00./s1. The van der Waals surface area contributed by atoms with Gasteiger partial charge in [-0.15, -0.1) is 0 Å². The van der Waals surface area contributed by atoms with Crippen LogP contribution in [-0.4, -0.2) is 148 Å². The highest BCUT2D eigenvalue weighted by Gasteiger charge is 2.34. The first kappa shape index (κ1) is 80.0. The lowest BCUT2D eigenvalue weighted by molar-refractivity contribution is -0.134. The van der Waals surface area contributed by atoms with E-state index in [0.717, 1.165) is 36.8 Å². The lowest BCUT2D eigenvalue weighted by Gasteiger charge is -2.30. The van der Waals surface area contributed by atoms with Gasteiger partial charge in [0, 0.05) is 89.4 Å². The first-order valence-electron chi connectivity index (χ1n) is 29.8. The van der Waals surface area contributed by atoms with Crippen molar-refractivity contribution in [2.75, 3.05) is 68.0 Å². The number of carbonyl (C=O) groups excluding carboxylic acids is 4. The normalized spacial score (nSPS) is 14.6. The van der Waals surface area contributed by atoms with Gasteiger partial charge in [0.1, 0.15) is 0 Å². The second-order valence-corrected chi connectivity index (χ2v) is 24.8. The molecule has 0 radical (unpaired) electrons. The van der Waals surface area contributed by atoms with E-state index in [1.807, 2.05) is 64.1 Å². The van der Waals surface area contributed by atoms with Crippen molar-refractivity contribution in [1.82, 2.24) is 10.6 Å². The third-order valence-electron chi connectivity index (χ3n) is 15.4. The number of hydrogen-bond acceptors (Lipinski definition) is 16. The molecule has 492 valence electrons. The average molecular weight is 1220 g/mol. The van der Waals surface area contributed by atoms with Gasteiger partial charge in [-0.25, -0.2) is 9.59 Å². The van der Waals surface area contributed by atoms with Crippen LogP contribution in [0.4, 0.5) is 0 Å². The molecular weight excluding hydrogens is 1110 g/mol. The zero-order valence-corrected chi connectivity index (χ0v) is 54.4. The zero-order chi connectivity index (χ0) is 66.1. The summed E-state index contributed by atoms with van der Waals surface area (Å²) >= 11 is 0. The third-order valence-corrected chi connectivity index (χ3v) is 15.4. The molecule has 0 aliphatic carbocycles. The molecule has 0 heterocycles. The number of aliphatic hydroxyl groups is 2. The number of amides is 4. The Morgan fingerprint density at radius 2 is 0.837 bits per heavy atom. The molecule has 0 saturated heterocycles. The van der Waals surface area contributed by atoms with Crippen LogP contribution >= 0.6 is 0 Å². The molecule has 22 heteroatoms. The van der Waals surface area contributed by atoms with Crippen LogP contribution in [0.25, 0.3) is 0 Å². The molecule has 22 nitrogen and oxygen atoms in total. The molecule has 0 bridgehead atoms. The van der Waals surface area contributed by atoms with E-state index in [1.54, 1.807) is 56.1 Å². The van der Waals surface area contributed by atoms with Crippen LogP contribution in [-0.2, 0) is 51.1 Å². The number of carbonyl (C=O) groups is 6. The summed E-state index contributed by atoms with van der Waals surface area (Å²) in [6.07, 6.45) is 4.24. The summed E-state index contributed by atoms with van der Waals surface area (Å²) in [5, 5.41) is 43.4. The van der Waals surface area contributed by atoms with Gasteiger partial charge in [-0.3, -0.25) is 19.2 Å². The highest BCUT2D eigenvalue weighted by Crippen LogP contribution is 2.34. The summed E-state index contributed by atoms with van der Waals surface area (Å²) in [5.41, 5.74) is 24.4. The smallest absolute Gasteiger partial charge is 0.328 e. The fraction of sp³-hybridized carbons (Fsp3) is 0.688. The van der Waals surface area contributed by atoms with Gasteiger partial charge < -0.3 is 82.4 Å². The second kappa shape index (κ2) is 41.2. The Kier molecular flexibility index (Phi) is 38.3. The van der Waals surface area contributed by atoms with E-state index in [1.165, 1.54) is 0 Å². The van der Waals surface area contributed by atoms with Crippen LogP contribution < -0.4 is 52.5 Å². The Labute approximate surface area is 512 Å². The van der Waals surface area contributed by atoms with Gasteiger partial charge in [-0.05, 0) is 137 Å². The maximum absolute atomic E-state index is 12.9. The van der Waals surface area contributed by atoms with Crippen molar-refractivity contribution in [2.45, 2.75) is 159 Å². The molecule has 2 aromatic carbocycles. The van der Waals surface area contributed by atoms with Crippen molar-refractivity contribution < 1.29 is 77.6 Å². The molecule has 2 rings (SSSR count). The number of aliphatic hydroxyl groups excluding tert-OH is 2. The Morgan fingerprint density at radius 3 is 1.09 bits per heavy atom. The maximum Gasteiger partial charge on any atom is 0.328 e. The molecule has 2 aromatic rings. The molecule has 4 amide bonds. The minimum atomic E-state index is -1.26. The van der Waals surface area contributed by atoms with E-state index >= 15 is 0 Å². The number of methoxy groups -OCH3 is 4. The van der Waals surface area contributed by atoms with Crippen LogP contribution in [0.3, 0.4) is 0 Å². The Balaban J connectivity index is 0.00000149. The van der Waals surface area contributed by atoms with Gasteiger partial charge in [0.05, 0.1) is 50.5 Å². The molecule has 86 heavy (non-hydrogen) atoms. The Bertz CT molecular complexity index is 2200. The van der Waals surface area contributed by atoms with Gasteiger partial charge in [0.2, 0.25) is 23.6 Å². The molecule has 0 saturated carbocycles. The second-order valence-electron chi connectivity index (χ2n) is 24.8. The highest BCUT2D eigenvalue weighted by atomic mass is 16.5. The van der Waals surface area contributed by atoms with Crippen molar-refractivity contribution in [1.29, 1.82) is 0 Å². The van der Waals surface area contributed by atoms with Gasteiger partial charge >= 0.3 is 11.9 Å². The fourth-order valence-electron chi connectivity index (χ4n) is 8.92. The SMILES string of the molecule is COCCCOc1cc(CC(CC(N)C(O)C[C@H](C(=O)NCC(C)(C)C(N)=O)C(C)C)C(C)C)ccc1OC.COCCCOc1cc(CC(CC(N)C(O)C[C@H](C(=O)NCC(C)(C)C(N)=O)C(C)C)C(C)C)ccc1OC.O=C(O)/C=C/C(=O)O. The molecule has 0 aliphatic heterocycles. The summed E-state index contributed by atoms with van der Waals surface area (Å²) in [6, 6.07) is 10.9. The highest BCUT2D eigenvalue weighted by molar-refractivity contribution is 5.89. The van der Waals surface area contributed by atoms with Crippen molar-refractivity contribution in [3.8, 4) is 23.0 Å². The van der Waals surface area contributed by atoms with E-state index < -0.39 is 70.7 Å². The molecule has 6 unspecified atom stereocenters. The van der Waals surface area contributed by atoms with Crippen LogP contribution in [0.5, 0.6) is 23.0 Å². The number of rotatable bonds is 40. The predicted molar refractivity (Wildman–Crippen MR) is 333 cm³/mol. The van der Waals surface area contributed by atoms with Crippen molar-refractivity contribution in [3.05, 3.63) is 59.7 Å². The topological polar surface area (TPSA) is 367 Å². The molecule has 0 aromatic heterocycles. The minimum Gasteiger partial charge on any atom is -0.493 e. The van der Waals surface area contributed by atoms with Crippen molar-refractivity contribution in [3.63, 3.8) is 0 Å². The summed E-state index contributed by atoms with van der Waals surface area (Å²) in [6.45, 7) is 25.7. The van der Waals surface area contributed by atoms with Crippen LogP contribution in [0.1, 0.15) is 133 Å². The number of benzene rings is 2. The zero-order valence-electron chi connectivity index (χ0n) is 54.4. The molecule has 0 spiro atoms. The lowest BCUT2D eigenvalue weighted by Crippen LogP contribution is -2.46. The first-order valence-corrected chi connectivity index (χ1v) is 29.8. The summed E-state index contributed by atoms with van der Waals surface area (Å²) in [5.74, 6) is -0.929. The van der Waals surface area contributed by atoms with Gasteiger partial charge in [-0.2, -0.15) is 0 Å². The summed E-state index contributed by atoms with van der Waals surface area (Å²) in [4.78, 5) is 68.2. The van der Waals surface area contributed by atoms with E-state index in [0.29, 0.717) is 86.3 Å². The Morgan fingerprint density at radius 1 is 0.512 bits per heavy atom. The number of nitrogens with one attached hydrogen (secondary N) is 2. The van der Waals surface area contributed by atoms with Crippen LogP contribution in [0, 0.1) is 58.2 Å². The quantitative estimate of drug-likeness (QED) is 0.0258. The van der Waals surface area contributed by atoms with E-state index in [-0.39, 0.29) is 61.4 Å². The largest absolute Gasteiger partial charge is 0.493 e. The molecule has 14 N–H and O–H groups in total. The number of aliphatic carboxylic acids is 2. The van der Waals surface area contributed by atoms with Crippen LogP contribution in [0.2, 0.25) is 0 Å². The first-order chi connectivity index (χ1) is 40.1. The Hall–Kier alpha value is -6.04. The molecular formula is C64H110N6O16. The number of primary amides is 2. The van der Waals surface area contributed by atoms with Gasteiger partial charge in [0.15, 0.2) is 23.0 Å². The maximum atomic E-state index is 12.9. The lowest BCUT2D eigenvalue weighted by atomic mass is 9.80. The monoisotopic (exact) mass is 1220 g/mol. The van der Waals surface area contributed by atoms with Gasteiger partial charge in [-0.1, -0.05) is 67.5 Å². The molecule has 0 aliphatic rings. The minimum absolute atomic E-state index is 0.00829. The summed E-state index contributed by atoms with van der Waals surface area (Å²) in [7, 11) is 6.58. The van der Waals surface area contributed by atoms with E-state index in [2.05, 4.69) is 38.3 Å². The molecule has 0 fully saturated rings. The van der Waals surface area contributed by atoms with Crippen molar-refractivity contribution >= 4 is 35.6 Å². The van der Waals surface area contributed by atoms with Crippen molar-refractivity contribution in [2.24, 2.45) is 81.1 Å². The number of nitrogens with two attached hydrogens (primary N) is 4. The van der Waals surface area contributed by atoms with E-state index in [4.69, 9.17) is 61.6 Å². The average Bonchev–Trinajstić information content (AvgIpc) is 2.92. The molecule has 8 atom stereocenters. The third kappa shape index (κ3) is 31.6. The number of ether oxygens (including phenoxy) is 6. The predicted octanol–water partition coefficient (Wildman–Crippen LogP) is 6.30. The van der Waals surface area contributed by atoms with Gasteiger partial charge in [0.25, 0.3) is 0 Å². The van der Waals surface area contributed by atoms with E-state index in [9.17, 15) is 39.0 Å².